The van der Waals surface area contributed by atoms with Crippen molar-refractivity contribution in [3.63, 3.8) is 0 Å². The van der Waals surface area contributed by atoms with E-state index in [1.165, 1.54) is 6.07 Å². The maximum Gasteiger partial charge on any atom is 0.138 e. The first-order chi connectivity index (χ1) is 6.60. The molecule has 0 aliphatic heterocycles. The monoisotopic (exact) mass is 308 g/mol. The molecule has 78 valence electrons. The number of benzene rings is 1. The topological polar surface area (TPSA) is 29.3 Å². The Hall–Kier alpha value is -0.520. The van der Waals surface area contributed by atoms with E-state index >= 15 is 0 Å². The Morgan fingerprint density at radius 2 is 1.93 bits per heavy atom. The molecule has 2 N–H and O–H groups in total. The van der Waals surface area contributed by atoms with E-state index in [0.717, 1.165) is 18.8 Å². The van der Waals surface area contributed by atoms with Gasteiger partial charge in [-0.1, -0.05) is 0 Å². The normalized spacial score (nSPS) is 10.3. The average Bonchev–Trinajstić information content (AvgIpc) is 2.15. The minimum absolute atomic E-state index is 0.207. The van der Waals surface area contributed by atoms with E-state index in [4.69, 9.17) is 5.73 Å². The number of rotatable bonds is 3. The van der Waals surface area contributed by atoms with Crippen LogP contribution in [0.3, 0.4) is 0 Å². The summed E-state index contributed by atoms with van der Waals surface area (Å²) in [4.78, 5) is 2.04. The lowest BCUT2D eigenvalue weighted by molar-refractivity contribution is 0.619. The van der Waals surface area contributed by atoms with E-state index in [1.807, 2.05) is 41.3 Å². The SMILES string of the molecule is CCN(CC)c1cc(F)c(I)cc1N. The van der Waals surface area contributed by atoms with Crippen LogP contribution in [0, 0.1) is 9.39 Å². The summed E-state index contributed by atoms with van der Waals surface area (Å²) in [7, 11) is 0. The molecule has 0 heterocycles. The van der Waals surface area contributed by atoms with Crippen molar-refractivity contribution in [3.8, 4) is 0 Å². The number of hydrogen-bond donors (Lipinski definition) is 1. The molecule has 0 amide bonds. The lowest BCUT2D eigenvalue weighted by Crippen LogP contribution is -2.23. The van der Waals surface area contributed by atoms with Crippen molar-refractivity contribution in [1.82, 2.24) is 0 Å². The van der Waals surface area contributed by atoms with Crippen LogP contribution >= 0.6 is 22.6 Å². The molecule has 0 radical (unpaired) electrons. The van der Waals surface area contributed by atoms with Gasteiger partial charge in [-0.05, 0) is 42.5 Å². The predicted molar refractivity (Wildman–Crippen MR) is 67.1 cm³/mol. The second-order valence-electron chi connectivity index (χ2n) is 3.00. The highest BCUT2D eigenvalue weighted by atomic mass is 127. The summed E-state index contributed by atoms with van der Waals surface area (Å²) >= 11 is 1.94. The number of halogens is 2. The summed E-state index contributed by atoms with van der Waals surface area (Å²) in [5.41, 5.74) is 7.25. The highest BCUT2D eigenvalue weighted by Crippen LogP contribution is 2.27. The third kappa shape index (κ3) is 2.29. The summed E-state index contributed by atoms with van der Waals surface area (Å²) in [6, 6.07) is 3.17. The van der Waals surface area contributed by atoms with Crippen LogP contribution in [-0.4, -0.2) is 13.1 Å². The lowest BCUT2D eigenvalue weighted by atomic mass is 10.2. The summed E-state index contributed by atoms with van der Waals surface area (Å²) in [6.45, 7) is 5.72. The van der Waals surface area contributed by atoms with Crippen LogP contribution in [0.25, 0.3) is 0 Å². The van der Waals surface area contributed by atoms with E-state index in [9.17, 15) is 4.39 Å². The van der Waals surface area contributed by atoms with Gasteiger partial charge in [0, 0.05) is 19.2 Å². The number of nitrogens with two attached hydrogens (primary N) is 1. The van der Waals surface area contributed by atoms with Gasteiger partial charge in [-0.15, -0.1) is 0 Å². The van der Waals surface area contributed by atoms with Crippen molar-refractivity contribution in [2.75, 3.05) is 23.7 Å². The van der Waals surface area contributed by atoms with Gasteiger partial charge in [-0.2, -0.15) is 0 Å². The van der Waals surface area contributed by atoms with Gasteiger partial charge in [0.1, 0.15) is 5.82 Å². The molecular formula is C10H14FIN2. The quantitative estimate of drug-likeness (QED) is 0.687. The van der Waals surface area contributed by atoms with Gasteiger partial charge in [0.05, 0.1) is 14.9 Å². The molecule has 4 heteroatoms. The predicted octanol–water partition coefficient (Wildman–Crippen LogP) is 2.86. The smallest absolute Gasteiger partial charge is 0.138 e. The Morgan fingerprint density at radius 1 is 1.36 bits per heavy atom. The molecule has 14 heavy (non-hydrogen) atoms. The molecular weight excluding hydrogens is 294 g/mol. The van der Waals surface area contributed by atoms with Gasteiger partial charge in [0.15, 0.2) is 0 Å². The minimum Gasteiger partial charge on any atom is -0.397 e. The molecule has 0 spiro atoms. The van der Waals surface area contributed by atoms with Gasteiger partial charge in [0.25, 0.3) is 0 Å². The Labute approximate surface area is 97.4 Å². The van der Waals surface area contributed by atoms with Crippen LogP contribution in [-0.2, 0) is 0 Å². The number of anilines is 2. The molecule has 0 aromatic heterocycles. The molecule has 1 rings (SSSR count). The number of nitrogens with zero attached hydrogens (tertiary/aromatic N) is 1. The van der Waals surface area contributed by atoms with Crippen LogP contribution in [0.4, 0.5) is 15.8 Å². The van der Waals surface area contributed by atoms with E-state index in [1.54, 1.807) is 6.07 Å². The molecule has 0 unspecified atom stereocenters. The Kier molecular flexibility index (Phi) is 3.97. The van der Waals surface area contributed by atoms with E-state index in [-0.39, 0.29) is 5.82 Å². The minimum atomic E-state index is -0.207. The van der Waals surface area contributed by atoms with Crippen LogP contribution < -0.4 is 10.6 Å². The van der Waals surface area contributed by atoms with Crippen LogP contribution in [0.2, 0.25) is 0 Å². The zero-order valence-electron chi connectivity index (χ0n) is 8.35. The summed E-state index contributed by atoms with van der Waals surface area (Å²) in [5.74, 6) is -0.207. The summed E-state index contributed by atoms with van der Waals surface area (Å²) < 4.78 is 13.9. The molecule has 0 atom stereocenters. The van der Waals surface area contributed by atoms with E-state index in [0.29, 0.717) is 9.26 Å². The van der Waals surface area contributed by atoms with Crippen LogP contribution in [0.5, 0.6) is 0 Å². The zero-order chi connectivity index (χ0) is 10.7. The van der Waals surface area contributed by atoms with E-state index < -0.39 is 0 Å². The standard InChI is InChI=1S/C10H14FIN2/c1-3-14(4-2)10-5-7(11)8(12)6-9(10)13/h5-6H,3-4,13H2,1-2H3. The number of nitrogen functional groups attached to an aromatic ring is 1. The van der Waals surface area contributed by atoms with Crippen molar-refractivity contribution in [2.45, 2.75) is 13.8 Å². The van der Waals surface area contributed by atoms with Gasteiger partial charge in [-0.3, -0.25) is 0 Å². The molecule has 0 saturated heterocycles. The van der Waals surface area contributed by atoms with Crippen LogP contribution in [0.15, 0.2) is 12.1 Å². The molecule has 1 aromatic carbocycles. The highest BCUT2D eigenvalue weighted by Gasteiger charge is 2.09. The van der Waals surface area contributed by atoms with Gasteiger partial charge in [0.2, 0.25) is 0 Å². The van der Waals surface area contributed by atoms with Crippen LogP contribution in [0.1, 0.15) is 13.8 Å². The fraction of sp³-hybridized carbons (Fsp3) is 0.400. The third-order valence-electron chi connectivity index (χ3n) is 2.17. The summed E-state index contributed by atoms with van der Waals surface area (Å²) in [6.07, 6.45) is 0. The van der Waals surface area contributed by atoms with Crippen molar-refractivity contribution in [1.29, 1.82) is 0 Å². The van der Waals surface area contributed by atoms with Crippen molar-refractivity contribution >= 4 is 34.0 Å². The highest BCUT2D eigenvalue weighted by molar-refractivity contribution is 14.1. The molecule has 2 nitrogen and oxygen atoms in total. The van der Waals surface area contributed by atoms with Crippen molar-refractivity contribution < 1.29 is 4.39 Å². The fourth-order valence-electron chi connectivity index (χ4n) is 1.39. The first kappa shape index (κ1) is 11.6. The second-order valence-corrected chi connectivity index (χ2v) is 4.16. The average molecular weight is 308 g/mol. The molecule has 0 aliphatic rings. The second kappa shape index (κ2) is 4.82. The first-order valence-electron chi connectivity index (χ1n) is 4.59. The largest absolute Gasteiger partial charge is 0.397 e. The Morgan fingerprint density at radius 3 is 2.43 bits per heavy atom. The molecule has 0 saturated carbocycles. The van der Waals surface area contributed by atoms with Gasteiger partial charge in [-0.25, -0.2) is 4.39 Å². The molecule has 1 aromatic rings. The molecule has 0 aliphatic carbocycles. The van der Waals surface area contributed by atoms with Crippen molar-refractivity contribution in [3.05, 3.63) is 21.5 Å². The maximum atomic E-state index is 13.3. The molecule has 0 fully saturated rings. The van der Waals surface area contributed by atoms with Gasteiger partial charge >= 0.3 is 0 Å². The number of hydrogen-bond acceptors (Lipinski definition) is 2. The Bertz CT molecular complexity index is 324. The summed E-state index contributed by atoms with van der Waals surface area (Å²) in [5, 5.41) is 0. The molecule has 0 bridgehead atoms. The first-order valence-corrected chi connectivity index (χ1v) is 5.67. The fourth-order valence-corrected chi connectivity index (χ4v) is 1.88. The lowest BCUT2D eigenvalue weighted by Gasteiger charge is -2.22. The van der Waals surface area contributed by atoms with E-state index in [2.05, 4.69) is 0 Å². The van der Waals surface area contributed by atoms with Gasteiger partial charge < -0.3 is 10.6 Å². The zero-order valence-corrected chi connectivity index (χ0v) is 10.5. The van der Waals surface area contributed by atoms with Crippen molar-refractivity contribution in [2.24, 2.45) is 0 Å². The third-order valence-corrected chi connectivity index (χ3v) is 3.00. The maximum absolute atomic E-state index is 13.3. The Balaban J connectivity index is 3.14.